The number of hydrogen-bond acceptors (Lipinski definition) is 4. The van der Waals surface area contributed by atoms with Crippen molar-refractivity contribution in [1.82, 2.24) is 20.5 Å². The van der Waals surface area contributed by atoms with Gasteiger partial charge in [-0.15, -0.1) is 0 Å². The Bertz CT molecular complexity index is 915. The van der Waals surface area contributed by atoms with E-state index in [0.29, 0.717) is 24.6 Å². The SMILES string of the molecule is O=C(N[C@@H]1CCC[C@@H]1C(=O)NCC1CCN(Cc2ccccc2F)CC1)c1ccncc1. The van der Waals surface area contributed by atoms with Gasteiger partial charge >= 0.3 is 0 Å². The van der Waals surface area contributed by atoms with Crippen LogP contribution in [-0.4, -0.2) is 47.4 Å². The highest BCUT2D eigenvalue weighted by atomic mass is 19.1. The number of benzene rings is 1. The molecular formula is C25H31FN4O2. The summed E-state index contributed by atoms with van der Waals surface area (Å²) in [7, 11) is 0. The summed E-state index contributed by atoms with van der Waals surface area (Å²) in [6, 6.07) is 10.2. The molecule has 170 valence electrons. The summed E-state index contributed by atoms with van der Waals surface area (Å²) in [5.41, 5.74) is 1.30. The number of carbonyl (C=O) groups excluding carboxylic acids is 2. The van der Waals surface area contributed by atoms with Crippen molar-refractivity contribution in [2.75, 3.05) is 19.6 Å². The standard InChI is InChI=1S/C25H31FN4O2/c26-22-6-2-1-4-20(22)17-30-14-10-18(11-15-30)16-28-25(32)21-5-3-7-23(21)29-24(31)19-8-12-27-13-9-19/h1-2,4,6,8-9,12-13,18,21,23H,3,5,7,10-11,14-17H2,(H,28,32)(H,29,31)/t21-,23+/m0/s1. The lowest BCUT2D eigenvalue weighted by Gasteiger charge is -2.32. The molecular weight excluding hydrogens is 407 g/mol. The van der Waals surface area contributed by atoms with Crippen LogP contribution in [0, 0.1) is 17.7 Å². The molecule has 6 nitrogen and oxygen atoms in total. The lowest BCUT2D eigenvalue weighted by molar-refractivity contribution is -0.125. The molecule has 0 spiro atoms. The fourth-order valence-electron chi connectivity index (χ4n) is 4.79. The molecule has 0 bridgehead atoms. The zero-order chi connectivity index (χ0) is 22.3. The van der Waals surface area contributed by atoms with Crippen LogP contribution >= 0.6 is 0 Å². The number of nitrogens with one attached hydrogen (secondary N) is 2. The highest BCUT2D eigenvalue weighted by Gasteiger charge is 2.34. The second-order valence-electron chi connectivity index (χ2n) is 8.91. The summed E-state index contributed by atoms with van der Waals surface area (Å²) < 4.78 is 13.9. The summed E-state index contributed by atoms with van der Waals surface area (Å²) in [6.07, 6.45) is 7.72. The number of nitrogens with zero attached hydrogens (tertiary/aromatic N) is 2. The van der Waals surface area contributed by atoms with E-state index in [0.717, 1.165) is 50.8 Å². The van der Waals surface area contributed by atoms with E-state index in [1.165, 1.54) is 6.07 Å². The van der Waals surface area contributed by atoms with E-state index >= 15 is 0 Å². The number of likely N-dealkylation sites (tertiary alicyclic amines) is 1. The van der Waals surface area contributed by atoms with Crippen molar-refractivity contribution in [3.63, 3.8) is 0 Å². The van der Waals surface area contributed by atoms with Crippen molar-refractivity contribution in [1.29, 1.82) is 0 Å². The highest BCUT2D eigenvalue weighted by Crippen LogP contribution is 2.27. The minimum absolute atomic E-state index is 0.0383. The minimum atomic E-state index is -0.179. The zero-order valence-electron chi connectivity index (χ0n) is 18.3. The number of piperidine rings is 1. The van der Waals surface area contributed by atoms with Crippen molar-refractivity contribution in [3.05, 3.63) is 65.7 Å². The number of aromatic nitrogens is 1. The van der Waals surface area contributed by atoms with Crippen molar-refractivity contribution in [2.45, 2.75) is 44.7 Å². The molecule has 2 aromatic rings. The lowest BCUT2D eigenvalue weighted by atomic mass is 9.95. The average Bonchev–Trinajstić information content (AvgIpc) is 3.28. The monoisotopic (exact) mass is 438 g/mol. The Hall–Kier alpha value is -2.80. The van der Waals surface area contributed by atoms with E-state index in [1.807, 2.05) is 12.1 Å². The third-order valence-corrected chi connectivity index (χ3v) is 6.74. The summed E-state index contributed by atoms with van der Waals surface area (Å²) in [5.74, 6) is -0.0105. The fourth-order valence-corrected chi connectivity index (χ4v) is 4.79. The van der Waals surface area contributed by atoms with E-state index in [9.17, 15) is 14.0 Å². The van der Waals surface area contributed by atoms with Gasteiger partial charge in [0.25, 0.3) is 5.91 Å². The first-order valence-electron chi connectivity index (χ1n) is 11.5. The molecule has 1 aliphatic heterocycles. The van der Waals surface area contributed by atoms with Crippen molar-refractivity contribution in [2.24, 2.45) is 11.8 Å². The first kappa shape index (κ1) is 22.4. The van der Waals surface area contributed by atoms with E-state index < -0.39 is 0 Å². The third kappa shape index (κ3) is 5.71. The predicted molar refractivity (Wildman–Crippen MR) is 120 cm³/mol. The Morgan fingerprint density at radius 3 is 2.53 bits per heavy atom. The molecule has 2 fully saturated rings. The topological polar surface area (TPSA) is 74.3 Å². The maximum absolute atomic E-state index is 13.9. The van der Waals surface area contributed by atoms with Crippen LogP contribution in [0.15, 0.2) is 48.8 Å². The van der Waals surface area contributed by atoms with E-state index in [-0.39, 0.29) is 29.6 Å². The van der Waals surface area contributed by atoms with Crippen LogP contribution in [0.25, 0.3) is 0 Å². The molecule has 2 amide bonds. The summed E-state index contributed by atoms with van der Waals surface area (Å²) >= 11 is 0. The molecule has 7 heteroatoms. The maximum atomic E-state index is 13.9. The lowest BCUT2D eigenvalue weighted by Crippen LogP contribution is -2.45. The molecule has 1 aromatic carbocycles. The number of pyridine rings is 1. The number of halogens is 1. The molecule has 4 rings (SSSR count). The maximum Gasteiger partial charge on any atom is 0.251 e. The van der Waals surface area contributed by atoms with E-state index in [2.05, 4.69) is 20.5 Å². The van der Waals surface area contributed by atoms with E-state index in [1.54, 1.807) is 30.6 Å². The molecule has 1 saturated carbocycles. The summed E-state index contributed by atoms with van der Waals surface area (Å²) in [5, 5.41) is 6.16. The zero-order valence-corrected chi connectivity index (χ0v) is 18.3. The molecule has 32 heavy (non-hydrogen) atoms. The smallest absolute Gasteiger partial charge is 0.251 e. The van der Waals surface area contributed by atoms with Gasteiger partial charge in [0.15, 0.2) is 0 Å². The first-order chi connectivity index (χ1) is 15.6. The Labute approximate surface area is 188 Å². The minimum Gasteiger partial charge on any atom is -0.356 e. The normalized spacial score (nSPS) is 21.9. The van der Waals surface area contributed by atoms with Crippen LogP contribution in [0.5, 0.6) is 0 Å². The molecule has 1 saturated heterocycles. The van der Waals surface area contributed by atoms with Crippen LogP contribution in [-0.2, 0) is 11.3 Å². The van der Waals surface area contributed by atoms with Crippen molar-refractivity contribution >= 4 is 11.8 Å². The Kier molecular flexibility index (Phi) is 7.47. The molecule has 1 aromatic heterocycles. The van der Waals surface area contributed by atoms with Crippen LogP contribution in [0.4, 0.5) is 4.39 Å². The number of hydrogen-bond donors (Lipinski definition) is 2. The Morgan fingerprint density at radius 2 is 1.78 bits per heavy atom. The van der Waals surface area contributed by atoms with Gasteiger partial charge in [0, 0.05) is 42.7 Å². The Balaban J connectivity index is 1.21. The molecule has 1 aliphatic carbocycles. The molecule has 0 unspecified atom stereocenters. The summed E-state index contributed by atoms with van der Waals surface area (Å²) in [6.45, 7) is 3.10. The van der Waals surface area contributed by atoms with Crippen molar-refractivity contribution < 1.29 is 14.0 Å². The predicted octanol–water partition coefficient (Wildman–Crippen LogP) is 3.15. The van der Waals surface area contributed by atoms with Gasteiger partial charge in [0.2, 0.25) is 5.91 Å². The van der Waals surface area contributed by atoms with Crippen molar-refractivity contribution in [3.8, 4) is 0 Å². The molecule has 2 atom stereocenters. The van der Waals surface area contributed by atoms with Gasteiger partial charge in [0.1, 0.15) is 5.82 Å². The first-order valence-corrected chi connectivity index (χ1v) is 11.5. The highest BCUT2D eigenvalue weighted by molar-refractivity contribution is 5.94. The second kappa shape index (κ2) is 10.7. The quantitative estimate of drug-likeness (QED) is 0.697. The van der Waals surface area contributed by atoms with Gasteiger partial charge in [-0.1, -0.05) is 24.6 Å². The van der Waals surface area contributed by atoms with Gasteiger partial charge < -0.3 is 10.6 Å². The molecule has 0 radical (unpaired) electrons. The van der Waals surface area contributed by atoms with E-state index in [4.69, 9.17) is 0 Å². The van der Waals surface area contributed by atoms with Crippen LogP contribution in [0.1, 0.15) is 48.0 Å². The number of amides is 2. The van der Waals surface area contributed by atoms with Gasteiger partial charge in [-0.05, 0) is 62.9 Å². The second-order valence-corrected chi connectivity index (χ2v) is 8.91. The van der Waals surface area contributed by atoms with Gasteiger partial charge in [0.05, 0.1) is 5.92 Å². The van der Waals surface area contributed by atoms with Gasteiger partial charge in [-0.25, -0.2) is 4.39 Å². The van der Waals surface area contributed by atoms with Gasteiger partial charge in [-0.2, -0.15) is 0 Å². The largest absolute Gasteiger partial charge is 0.356 e. The Morgan fingerprint density at radius 1 is 1.03 bits per heavy atom. The number of rotatable bonds is 7. The third-order valence-electron chi connectivity index (χ3n) is 6.74. The molecule has 2 N–H and O–H groups in total. The average molecular weight is 439 g/mol. The molecule has 2 aliphatic rings. The van der Waals surface area contributed by atoms with Crippen LogP contribution in [0.3, 0.4) is 0 Å². The van der Waals surface area contributed by atoms with Crippen LogP contribution in [0.2, 0.25) is 0 Å². The van der Waals surface area contributed by atoms with Crippen LogP contribution < -0.4 is 10.6 Å². The summed E-state index contributed by atoms with van der Waals surface area (Å²) in [4.78, 5) is 31.5. The molecule has 2 heterocycles. The number of carbonyl (C=O) groups is 2. The van der Waals surface area contributed by atoms with Gasteiger partial charge in [-0.3, -0.25) is 19.5 Å². The fraction of sp³-hybridized carbons (Fsp3) is 0.480.